The van der Waals surface area contributed by atoms with E-state index in [0.717, 1.165) is 32.4 Å². The Morgan fingerprint density at radius 2 is 1.96 bits per heavy atom. The van der Waals surface area contributed by atoms with E-state index < -0.39 is 10.0 Å². The molecule has 7 heteroatoms. The van der Waals surface area contributed by atoms with Gasteiger partial charge in [0.2, 0.25) is 10.0 Å². The summed E-state index contributed by atoms with van der Waals surface area (Å²) in [4.78, 5) is 14.1. The van der Waals surface area contributed by atoms with Crippen LogP contribution in [0.3, 0.4) is 0 Å². The zero-order valence-corrected chi connectivity index (χ0v) is 13.8. The van der Waals surface area contributed by atoms with Crippen molar-refractivity contribution in [1.82, 2.24) is 9.21 Å². The molecule has 0 saturated carbocycles. The lowest BCUT2D eigenvalue weighted by molar-refractivity contribution is 0.0651. The first-order valence-electron chi connectivity index (χ1n) is 8.06. The van der Waals surface area contributed by atoms with Gasteiger partial charge in [0, 0.05) is 31.2 Å². The SMILES string of the molecule is O=C(c1cccc(S(=O)(=O)N2CCCC[C@H]2CO)c1)N1CCC1. The molecule has 0 bridgehead atoms. The van der Waals surface area contributed by atoms with Gasteiger partial charge in [-0.2, -0.15) is 4.31 Å². The second kappa shape index (κ2) is 6.59. The van der Waals surface area contributed by atoms with Crippen LogP contribution in [0.2, 0.25) is 0 Å². The van der Waals surface area contributed by atoms with Crippen molar-refractivity contribution < 1.29 is 18.3 Å². The highest BCUT2D eigenvalue weighted by molar-refractivity contribution is 7.89. The first kappa shape index (κ1) is 16.4. The molecule has 2 heterocycles. The molecule has 6 nitrogen and oxygen atoms in total. The quantitative estimate of drug-likeness (QED) is 0.891. The molecular formula is C16H22N2O4S. The predicted molar refractivity (Wildman–Crippen MR) is 85.6 cm³/mol. The second-order valence-corrected chi connectivity index (χ2v) is 8.01. The Kier molecular flexibility index (Phi) is 4.70. The summed E-state index contributed by atoms with van der Waals surface area (Å²) in [5.74, 6) is -0.120. The van der Waals surface area contributed by atoms with Gasteiger partial charge in [-0.05, 0) is 37.5 Å². The lowest BCUT2D eigenvalue weighted by Crippen LogP contribution is -2.45. The Labute approximate surface area is 136 Å². The van der Waals surface area contributed by atoms with Crippen LogP contribution >= 0.6 is 0 Å². The summed E-state index contributed by atoms with van der Waals surface area (Å²) in [5.41, 5.74) is 0.406. The summed E-state index contributed by atoms with van der Waals surface area (Å²) in [6.07, 6.45) is 3.38. The second-order valence-electron chi connectivity index (χ2n) is 6.12. The molecule has 2 saturated heterocycles. The number of hydrogen-bond acceptors (Lipinski definition) is 4. The highest BCUT2D eigenvalue weighted by atomic mass is 32.2. The van der Waals surface area contributed by atoms with Gasteiger partial charge >= 0.3 is 0 Å². The Morgan fingerprint density at radius 1 is 1.17 bits per heavy atom. The van der Waals surface area contributed by atoms with Crippen molar-refractivity contribution in [3.63, 3.8) is 0 Å². The lowest BCUT2D eigenvalue weighted by Gasteiger charge is -2.34. The first-order valence-corrected chi connectivity index (χ1v) is 9.50. The standard InChI is InChI=1S/C16H22N2O4S/c19-12-14-6-1-2-10-18(14)23(21,22)15-7-3-5-13(11-15)16(20)17-8-4-9-17/h3,5,7,11,14,19H,1-2,4,6,8-10,12H2/t14-/m0/s1. The van der Waals surface area contributed by atoms with Crippen molar-refractivity contribution in [2.75, 3.05) is 26.2 Å². The molecule has 0 unspecified atom stereocenters. The van der Waals surface area contributed by atoms with Crippen molar-refractivity contribution in [3.05, 3.63) is 29.8 Å². The zero-order chi connectivity index (χ0) is 16.4. The third-order valence-electron chi connectivity index (χ3n) is 4.61. The maximum Gasteiger partial charge on any atom is 0.253 e. The molecular weight excluding hydrogens is 316 g/mol. The van der Waals surface area contributed by atoms with E-state index in [2.05, 4.69) is 0 Å². The number of sulfonamides is 1. The third-order valence-corrected chi connectivity index (χ3v) is 6.56. The van der Waals surface area contributed by atoms with Gasteiger partial charge in [0.05, 0.1) is 11.5 Å². The highest BCUT2D eigenvalue weighted by Gasteiger charge is 2.33. The zero-order valence-electron chi connectivity index (χ0n) is 13.0. The molecule has 0 spiro atoms. The van der Waals surface area contributed by atoms with Crippen LogP contribution in [0.15, 0.2) is 29.2 Å². The van der Waals surface area contributed by atoms with E-state index in [0.29, 0.717) is 18.5 Å². The Hall–Kier alpha value is -1.44. The predicted octanol–water partition coefficient (Wildman–Crippen LogP) is 1.07. The normalized spacial score (nSPS) is 22.7. The van der Waals surface area contributed by atoms with Crippen molar-refractivity contribution in [1.29, 1.82) is 0 Å². The van der Waals surface area contributed by atoms with E-state index >= 15 is 0 Å². The van der Waals surface area contributed by atoms with E-state index in [1.165, 1.54) is 16.4 Å². The van der Waals surface area contributed by atoms with Crippen LogP contribution < -0.4 is 0 Å². The molecule has 1 N–H and O–H groups in total. The van der Waals surface area contributed by atoms with E-state index in [1.54, 1.807) is 17.0 Å². The lowest BCUT2D eigenvalue weighted by atomic mass is 10.1. The molecule has 2 aliphatic heterocycles. The number of carbonyl (C=O) groups is 1. The fourth-order valence-electron chi connectivity index (χ4n) is 3.10. The van der Waals surface area contributed by atoms with E-state index in [4.69, 9.17) is 0 Å². The minimum atomic E-state index is -3.69. The van der Waals surface area contributed by atoms with Crippen LogP contribution in [0.25, 0.3) is 0 Å². The molecule has 0 radical (unpaired) electrons. The van der Waals surface area contributed by atoms with Gasteiger partial charge < -0.3 is 10.0 Å². The van der Waals surface area contributed by atoms with E-state index in [1.807, 2.05) is 0 Å². The van der Waals surface area contributed by atoms with Crippen molar-refractivity contribution in [2.45, 2.75) is 36.6 Å². The van der Waals surface area contributed by atoms with Crippen molar-refractivity contribution >= 4 is 15.9 Å². The van der Waals surface area contributed by atoms with Gasteiger partial charge in [0.15, 0.2) is 0 Å². The van der Waals surface area contributed by atoms with Crippen LogP contribution in [0.1, 0.15) is 36.0 Å². The molecule has 23 heavy (non-hydrogen) atoms. The molecule has 126 valence electrons. The van der Waals surface area contributed by atoms with Gasteiger partial charge in [-0.1, -0.05) is 12.5 Å². The highest BCUT2D eigenvalue weighted by Crippen LogP contribution is 2.26. The number of carbonyl (C=O) groups excluding carboxylic acids is 1. The van der Waals surface area contributed by atoms with E-state index in [9.17, 15) is 18.3 Å². The van der Waals surface area contributed by atoms with Crippen LogP contribution in [0.4, 0.5) is 0 Å². The summed E-state index contributed by atoms with van der Waals surface area (Å²) in [7, 11) is -3.69. The maximum atomic E-state index is 12.9. The third kappa shape index (κ3) is 3.13. The molecule has 0 aromatic heterocycles. The summed E-state index contributed by atoms with van der Waals surface area (Å²) in [6, 6.07) is 5.87. The fraction of sp³-hybridized carbons (Fsp3) is 0.562. The number of piperidine rings is 1. The van der Waals surface area contributed by atoms with Gasteiger partial charge in [0.25, 0.3) is 5.91 Å². The smallest absolute Gasteiger partial charge is 0.253 e. The van der Waals surface area contributed by atoms with Gasteiger partial charge in [0.1, 0.15) is 0 Å². The van der Waals surface area contributed by atoms with Gasteiger partial charge in [-0.25, -0.2) is 8.42 Å². The number of hydrogen-bond donors (Lipinski definition) is 1. The van der Waals surface area contributed by atoms with Crippen LogP contribution in [0.5, 0.6) is 0 Å². The minimum absolute atomic E-state index is 0.120. The number of benzene rings is 1. The van der Waals surface area contributed by atoms with Crippen molar-refractivity contribution in [2.24, 2.45) is 0 Å². The monoisotopic (exact) mass is 338 g/mol. The average Bonchev–Trinajstić information content (AvgIpc) is 2.53. The molecule has 1 amide bonds. The Balaban J connectivity index is 1.88. The Morgan fingerprint density at radius 3 is 2.61 bits per heavy atom. The van der Waals surface area contributed by atoms with E-state index in [-0.39, 0.29) is 23.5 Å². The first-order chi connectivity index (χ1) is 11.0. The van der Waals surface area contributed by atoms with Crippen molar-refractivity contribution in [3.8, 4) is 0 Å². The molecule has 1 atom stereocenters. The summed E-state index contributed by atoms with van der Waals surface area (Å²) < 4.78 is 27.1. The maximum absolute atomic E-state index is 12.9. The van der Waals surface area contributed by atoms with Crippen LogP contribution in [-0.4, -0.2) is 60.9 Å². The number of nitrogens with zero attached hydrogens (tertiary/aromatic N) is 2. The minimum Gasteiger partial charge on any atom is -0.395 e. The van der Waals surface area contributed by atoms with Gasteiger partial charge in [-0.3, -0.25) is 4.79 Å². The summed E-state index contributed by atoms with van der Waals surface area (Å²) in [5, 5.41) is 9.46. The summed E-state index contributed by atoms with van der Waals surface area (Å²) in [6.45, 7) is 1.70. The molecule has 3 rings (SSSR count). The average molecular weight is 338 g/mol. The fourth-order valence-corrected chi connectivity index (χ4v) is 4.83. The molecule has 2 aliphatic rings. The number of likely N-dealkylation sites (tertiary alicyclic amines) is 1. The Bertz CT molecular complexity index is 685. The van der Waals surface area contributed by atoms with Crippen LogP contribution in [-0.2, 0) is 10.0 Å². The number of aliphatic hydroxyl groups is 1. The molecule has 0 aliphatic carbocycles. The van der Waals surface area contributed by atoms with Gasteiger partial charge in [-0.15, -0.1) is 0 Å². The topological polar surface area (TPSA) is 77.9 Å². The molecule has 2 fully saturated rings. The number of aliphatic hydroxyl groups excluding tert-OH is 1. The number of amides is 1. The molecule has 1 aromatic rings. The summed E-state index contributed by atoms with van der Waals surface area (Å²) >= 11 is 0. The number of rotatable bonds is 4. The largest absolute Gasteiger partial charge is 0.395 e. The molecule has 1 aromatic carbocycles. The van der Waals surface area contributed by atoms with Crippen LogP contribution in [0, 0.1) is 0 Å².